The Balaban J connectivity index is 1.66. The minimum absolute atomic E-state index is 0.0164. The third-order valence-corrected chi connectivity index (χ3v) is 4.49. The van der Waals surface area contributed by atoms with Gasteiger partial charge in [0.1, 0.15) is 22.7 Å². The quantitative estimate of drug-likeness (QED) is 0.938. The lowest BCUT2D eigenvalue weighted by Gasteiger charge is -2.33. The summed E-state index contributed by atoms with van der Waals surface area (Å²) in [5.74, 6) is -1.16. The molecule has 1 aromatic heterocycles. The first-order valence-electron chi connectivity index (χ1n) is 7.00. The standard InChI is InChI=1S/C15H16F2N2O2S/c16-10-1-2-12(17)11(7-10)13(20)8-19-4-5-21-14(9-19)15-18-3-6-22-15/h1-3,6-7,13-14,20H,4-5,8-9H2. The molecule has 1 fully saturated rings. The van der Waals surface area contributed by atoms with Crippen LogP contribution in [0.25, 0.3) is 0 Å². The molecule has 3 rings (SSSR count). The van der Waals surface area contributed by atoms with Gasteiger partial charge in [0.05, 0.1) is 12.7 Å². The van der Waals surface area contributed by atoms with E-state index in [0.29, 0.717) is 19.7 Å². The van der Waals surface area contributed by atoms with Gasteiger partial charge in [0.25, 0.3) is 0 Å². The summed E-state index contributed by atoms with van der Waals surface area (Å²) >= 11 is 1.52. The molecule has 118 valence electrons. The van der Waals surface area contributed by atoms with Gasteiger partial charge in [0.2, 0.25) is 0 Å². The van der Waals surface area contributed by atoms with E-state index in [2.05, 4.69) is 4.98 Å². The van der Waals surface area contributed by atoms with Gasteiger partial charge in [0.15, 0.2) is 0 Å². The maximum Gasteiger partial charge on any atom is 0.129 e. The SMILES string of the molecule is OC(CN1CCOC(c2nccs2)C1)c1cc(F)ccc1F. The minimum atomic E-state index is -1.08. The molecule has 2 aromatic rings. The number of morpholine rings is 1. The molecule has 0 aliphatic carbocycles. The molecule has 0 amide bonds. The van der Waals surface area contributed by atoms with E-state index < -0.39 is 17.7 Å². The maximum atomic E-state index is 13.7. The summed E-state index contributed by atoms with van der Waals surface area (Å²) < 4.78 is 32.6. The lowest BCUT2D eigenvalue weighted by Crippen LogP contribution is -2.40. The molecule has 1 aliphatic rings. The number of aliphatic hydroxyl groups is 1. The van der Waals surface area contributed by atoms with E-state index in [1.165, 1.54) is 11.3 Å². The number of hydrogen-bond donors (Lipinski definition) is 1. The number of aromatic nitrogens is 1. The number of β-amino-alcohol motifs (C(OH)–C–C–N with tert-alkyl or cyclic N) is 1. The number of aliphatic hydroxyl groups excluding tert-OH is 1. The van der Waals surface area contributed by atoms with E-state index in [9.17, 15) is 13.9 Å². The summed E-state index contributed by atoms with van der Waals surface area (Å²) in [6, 6.07) is 3.11. The van der Waals surface area contributed by atoms with Gasteiger partial charge in [-0.25, -0.2) is 13.8 Å². The van der Waals surface area contributed by atoms with Crippen molar-refractivity contribution >= 4 is 11.3 Å². The molecule has 2 unspecified atom stereocenters. The average molecular weight is 326 g/mol. The molecule has 7 heteroatoms. The summed E-state index contributed by atoms with van der Waals surface area (Å²) in [5.41, 5.74) is -0.0164. The monoisotopic (exact) mass is 326 g/mol. The van der Waals surface area contributed by atoms with Crippen molar-refractivity contribution in [3.63, 3.8) is 0 Å². The van der Waals surface area contributed by atoms with Crippen LogP contribution in [0.15, 0.2) is 29.8 Å². The van der Waals surface area contributed by atoms with Crippen LogP contribution in [-0.4, -0.2) is 41.2 Å². The third kappa shape index (κ3) is 3.49. The van der Waals surface area contributed by atoms with Gasteiger partial charge in [-0.2, -0.15) is 0 Å². The molecular weight excluding hydrogens is 310 g/mol. The van der Waals surface area contributed by atoms with E-state index in [4.69, 9.17) is 4.74 Å². The lowest BCUT2D eigenvalue weighted by molar-refractivity contribution is -0.0427. The number of hydrogen-bond acceptors (Lipinski definition) is 5. The summed E-state index contributed by atoms with van der Waals surface area (Å²) in [7, 11) is 0. The zero-order valence-corrected chi connectivity index (χ0v) is 12.6. The van der Waals surface area contributed by atoms with Crippen molar-refractivity contribution in [1.29, 1.82) is 0 Å². The molecule has 2 heterocycles. The predicted octanol–water partition coefficient (Wildman–Crippen LogP) is 2.53. The predicted molar refractivity (Wildman–Crippen MR) is 78.6 cm³/mol. The second kappa shape index (κ2) is 6.78. The van der Waals surface area contributed by atoms with Gasteiger partial charge in [0, 0.05) is 36.8 Å². The fourth-order valence-corrected chi connectivity index (χ4v) is 3.20. The normalized spacial score (nSPS) is 21.0. The van der Waals surface area contributed by atoms with E-state index in [-0.39, 0.29) is 18.2 Å². The number of thiazole rings is 1. The minimum Gasteiger partial charge on any atom is -0.387 e. The third-order valence-electron chi connectivity index (χ3n) is 3.63. The Labute approximate surface area is 131 Å². The van der Waals surface area contributed by atoms with Crippen LogP contribution < -0.4 is 0 Å². The maximum absolute atomic E-state index is 13.7. The molecule has 1 aliphatic heterocycles. The number of rotatable bonds is 4. The van der Waals surface area contributed by atoms with Crippen molar-refractivity contribution in [2.75, 3.05) is 26.2 Å². The molecule has 0 saturated carbocycles. The average Bonchev–Trinajstić information content (AvgIpc) is 3.04. The highest BCUT2D eigenvalue weighted by molar-refractivity contribution is 7.09. The van der Waals surface area contributed by atoms with Gasteiger partial charge >= 0.3 is 0 Å². The Bertz CT molecular complexity index is 624. The topological polar surface area (TPSA) is 45.6 Å². The lowest BCUT2D eigenvalue weighted by atomic mass is 10.1. The molecular formula is C15H16F2N2O2S. The Kier molecular flexibility index (Phi) is 4.77. The number of benzene rings is 1. The van der Waals surface area contributed by atoms with Crippen LogP contribution in [0.5, 0.6) is 0 Å². The van der Waals surface area contributed by atoms with Crippen LogP contribution >= 0.6 is 11.3 Å². The Morgan fingerprint density at radius 2 is 2.32 bits per heavy atom. The van der Waals surface area contributed by atoms with Crippen LogP contribution in [0.1, 0.15) is 22.8 Å². The van der Waals surface area contributed by atoms with E-state index in [1.807, 2.05) is 10.3 Å². The van der Waals surface area contributed by atoms with E-state index in [1.54, 1.807) is 6.20 Å². The first kappa shape index (κ1) is 15.5. The van der Waals surface area contributed by atoms with Gasteiger partial charge in [-0.15, -0.1) is 11.3 Å². The molecule has 22 heavy (non-hydrogen) atoms. The molecule has 0 radical (unpaired) electrons. The molecule has 1 saturated heterocycles. The second-order valence-corrected chi connectivity index (χ2v) is 6.10. The Morgan fingerprint density at radius 3 is 3.09 bits per heavy atom. The van der Waals surface area contributed by atoms with Crippen molar-refractivity contribution in [2.24, 2.45) is 0 Å². The van der Waals surface area contributed by atoms with Crippen LogP contribution in [0, 0.1) is 11.6 Å². The molecule has 0 spiro atoms. The fraction of sp³-hybridized carbons (Fsp3) is 0.400. The second-order valence-electron chi connectivity index (χ2n) is 5.17. The number of ether oxygens (including phenoxy) is 1. The van der Waals surface area contributed by atoms with Crippen LogP contribution in [0.2, 0.25) is 0 Å². The molecule has 2 atom stereocenters. The van der Waals surface area contributed by atoms with Crippen molar-refractivity contribution in [3.8, 4) is 0 Å². The molecule has 4 nitrogen and oxygen atoms in total. The first-order chi connectivity index (χ1) is 10.6. The molecule has 1 N–H and O–H groups in total. The first-order valence-corrected chi connectivity index (χ1v) is 7.88. The van der Waals surface area contributed by atoms with Gasteiger partial charge in [-0.05, 0) is 18.2 Å². The van der Waals surface area contributed by atoms with Crippen molar-refractivity contribution in [3.05, 3.63) is 52.0 Å². The highest BCUT2D eigenvalue weighted by Gasteiger charge is 2.26. The van der Waals surface area contributed by atoms with E-state index >= 15 is 0 Å². The van der Waals surface area contributed by atoms with Crippen molar-refractivity contribution in [1.82, 2.24) is 9.88 Å². The van der Waals surface area contributed by atoms with Gasteiger partial charge in [-0.3, -0.25) is 4.90 Å². The molecule has 0 bridgehead atoms. The number of nitrogens with zero attached hydrogens (tertiary/aromatic N) is 2. The van der Waals surface area contributed by atoms with Crippen molar-refractivity contribution < 1.29 is 18.6 Å². The Hall–Kier alpha value is -1.41. The largest absolute Gasteiger partial charge is 0.387 e. The summed E-state index contributed by atoms with van der Waals surface area (Å²) in [4.78, 5) is 6.21. The van der Waals surface area contributed by atoms with Crippen LogP contribution in [0.3, 0.4) is 0 Å². The summed E-state index contributed by atoms with van der Waals surface area (Å²) in [6.07, 6.45) is 0.503. The Morgan fingerprint density at radius 1 is 1.45 bits per heavy atom. The summed E-state index contributed by atoms with van der Waals surface area (Å²) in [6.45, 7) is 1.95. The van der Waals surface area contributed by atoms with Gasteiger partial charge in [-0.1, -0.05) is 0 Å². The zero-order chi connectivity index (χ0) is 15.5. The van der Waals surface area contributed by atoms with Crippen LogP contribution in [-0.2, 0) is 4.74 Å². The fourth-order valence-electron chi connectivity index (χ4n) is 2.52. The summed E-state index contributed by atoms with van der Waals surface area (Å²) in [5, 5.41) is 13.0. The van der Waals surface area contributed by atoms with Crippen molar-refractivity contribution in [2.45, 2.75) is 12.2 Å². The zero-order valence-electron chi connectivity index (χ0n) is 11.8. The number of halogens is 2. The highest BCUT2D eigenvalue weighted by atomic mass is 32.1. The highest BCUT2D eigenvalue weighted by Crippen LogP contribution is 2.26. The molecule has 1 aromatic carbocycles. The van der Waals surface area contributed by atoms with Crippen LogP contribution in [0.4, 0.5) is 8.78 Å². The van der Waals surface area contributed by atoms with Gasteiger partial charge < -0.3 is 9.84 Å². The smallest absolute Gasteiger partial charge is 0.129 e. The van der Waals surface area contributed by atoms with E-state index in [0.717, 1.165) is 23.2 Å².